The predicted molar refractivity (Wildman–Crippen MR) is 63.2 cm³/mol. The van der Waals surface area contributed by atoms with Gasteiger partial charge in [-0.3, -0.25) is 4.68 Å². The molecule has 5 heteroatoms. The first-order valence-electron chi connectivity index (χ1n) is 5.34. The Bertz CT molecular complexity index is 560. The van der Waals surface area contributed by atoms with Gasteiger partial charge in [-0.15, -0.1) is 0 Å². The van der Waals surface area contributed by atoms with Crippen LogP contribution in [-0.4, -0.2) is 29.5 Å². The average molecular weight is 234 g/mol. The molecule has 5 nitrogen and oxygen atoms in total. The molecule has 0 saturated carbocycles. The van der Waals surface area contributed by atoms with Gasteiger partial charge in [0.2, 0.25) is 0 Å². The van der Waals surface area contributed by atoms with Gasteiger partial charge in [-0.1, -0.05) is 0 Å². The van der Waals surface area contributed by atoms with Gasteiger partial charge in [0.25, 0.3) is 0 Å². The van der Waals surface area contributed by atoms with Crippen LogP contribution in [0.5, 0.6) is 5.75 Å². The number of fused-ring (bicyclic) bond motifs is 1. The molecule has 2 rings (SSSR count). The Balaban J connectivity index is 2.57. The average Bonchev–Trinajstić information content (AvgIpc) is 2.70. The highest BCUT2D eigenvalue weighted by atomic mass is 16.5. The maximum atomic E-state index is 11.7. The van der Waals surface area contributed by atoms with E-state index in [0.29, 0.717) is 17.9 Å². The first kappa shape index (κ1) is 11.4. The molecule has 1 aromatic heterocycles. The second-order valence-corrected chi connectivity index (χ2v) is 3.60. The third-order valence-corrected chi connectivity index (χ3v) is 2.53. The fourth-order valence-corrected chi connectivity index (χ4v) is 1.77. The van der Waals surface area contributed by atoms with E-state index in [-0.39, 0.29) is 5.97 Å². The number of hydrogen-bond acceptors (Lipinski definition) is 4. The Morgan fingerprint density at radius 3 is 2.88 bits per heavy atom. The van der Waals surface area contributed by atoms with Gasteiger partial charge >= 0.3 is 5.97 Å². The van der Waals surface area contributed by atoms with Gasteiger partial charge in [0, 0.05) is 12.4 Å². The summed E-state index contributed by atoms with van der Waals surface area (Å²) in [5.41, 5.74) is 1.34. The number of rotatable bonds is 3. The van der Waals surface area contributed by atoms with E-state index in [4.69, 9.17) is 9.47 Å². The minimum Gasteiger partial charge on any atom is -0.494 e. The Morgan fingerprint density at radius 2 is 2.24 bits per heavy atom. The summed E-state index contributed by atoms with van der Waals surface area (Å²) in [7, 11) is 3.39. The smallest absolute Gasteiger partial charge is 0.338 e. The summed E-state index contributed by atoms with van der Waals surface area (Å²) in [5.74, 6) is 0.266. The van der Waals surface area contributed by atoms with Crippen LogP contribution >= 0.6 is 0 Å². The van der Waals surface area contributed by atoms with Gasteiger partial charge in [-0.25, -0.2) is 4.79 Å². The van der Waals surface area contributed by atoms with Crippen molar-refractivity contribution in [3.8, 4) is 5.75 Å². The van der Waals surface area contributed by atoms with Crippen LogP contribution in [0.4, 0.5) is 0 Å². The highest BCUT2D eigenvalue weighted by Gasteiger charge is 2.13. The molecular formula is C12H14N2O3. The number of aromatic nitrogens is 2. The summed E-state index contributed by atoms with van der Waals surface area (Å²) in [4.78, 5) is 11.7. The summed E-state index contributed by atoms with van der Waals surface area (Å²) < 4.78 is 11.9. The molecule has 0 aliphatic rings. The van der Waals surface area contributed by atoms with Crippen molar-refractivity contribution in [3.63, 3.8) is 0 Å². The van der Waals surface area contributed by atoms with E-state index in [1.165, 1.54) is 0 Å². The third kappa shape index (κ3) is 1.95. The van der Waals surface area contributed by atoms with Crippen LogP contribution in [0.15, 0.2) is 18.3 Å². The molecule has 1 heterocycles. The summed E-state index contributed by atoms with van der Waals surface area (Å²) in [6.07, 6.45) is 1.70. The molecule has 0 unspecified atom stereocenters. The van der Waals surface area contributed by atoms with Crippen molar-refractivity contribution in [1.29, 1.82) is 0 Å². The fourth-order valence-electron chi connectivity index (χ4n) is 1.77. The van der Waals surface area contributed by atoms with Crippen LogP contribution in [0.1, 0.15) is 17.3 Å². The Labute approximate surface area is 98.9 Å². The molecule has 2 aromatic rings. The molecule has 0 saturated heterocycles. The van der Waals surface area contributed by atoms with Crippen molar-refractivity contribution in [1.82, 2.24) is 9.78 Å². The van der Waals surface area contributed by atoms with Crippen LogP contribution < -0.4 is 4.74 Å². The number of benzene rings is 1. The first-order chi connectivity index (χ1) is 8.17. The second-order valence-electron chi connectivity index (χ2n) is 3.60. The highest BCUT2D eigenvalue weighted by molar-refractivity contribution is 5.97. The third-order valence-electron chi connectivity index (χ3n) is 2.53. The Kier molecular flexibility index (Phi) is 2.99. The number of nitrogens with zero attached hydrogens (tertiary/aromatic N) is 2. The van der Waals surface area contributed by atoms with Crippen molar-refractivity contribution in [2.45, 2.75) is 6.92 Å². The molecule has 0 radical (unpaired) electrons. The lowest BCUT2D eigenvalue weighted by Gasteiger charge is -2.07. The van der Waals surface area contributed by atoms with Crippen LogP contribution in [0, 0.1) is 0 Å². The molecule has 90 valence electrons. The van der Waals surface area contributed by atoms with Gasteiger partial charge in [-0.05, 0) is 19.1 Å². The molecular weight excluding hydrogens is 220 g/mol. The molecule has 17 heavy (non-hydrogen) atoms. The first-order valence-corrected chi connectivity index (χ1v) is 5.34. The van der Waals surface area contributed by atoms with E-state index in [1.54, 1.807) is 37.0 Å². The van der Waals surface area contributed by atoms with E-state index in [0.717, 1.165) is 10.9 Å². The summed E-state index contributed by atoms with van der Waals surface area (Å²) in [6.45, 7) is 2.13. The largest absolute Gasteiger partial charge is 0.494 e. The van der Waals surface area contributed by atoms with E-state index in [2.05, 4.69) is 5.10 Å². The molecule has 0 fully saturated rings. The van der Waals surface area contributed by atoms with Crippen LogP contribution in [-0.2, 0) is 11.8 Å². The SMILES string of the molecule is CCOC(=O)c1cc(OC)c2c(cnn2C)c1. The molecule has 0 atom stereocenters. The molecule has 0 spiro atoms. The minimum atomic E-state index is -0.350. The molecule has 0 bridgehead atoms. The highest BCUT2D eigenvalue weighted by Crippen LogP contribution is 2.27. The standard InChI is InChI=1S/C12H14N2O3/c1-4-17-12(15)8-5-9-7-13-14(2)11(9)10(6-8)16-3/h5-7H,4H2,1-3H3. The van der Waals surface area contributed by atoms with Gasteiger partial charge in [0.05, 0.1) is 25.5 Å². The number of carbonyl (C=O) groups excluding carboxylic acids is 1. The summed E-state index contributed by atoms with van der Waals surface area (Å²) >= 11 is 0. The van der Waals surface area contributed by atoms with Crippen LogP contribution in [0.3, 0.4) is 0 Å². The van der Waals surface area contributed by atoms with Gasteiger partial charge in [0.1, 0.15) is 11.3 Å². The molecule has 0 aliphatic heterocycles. The number of esters is 1. The van der Waals surface area contributed by atoms with Crippen molar-refractivity contribution in [3.05, 3.63) is 23.9 Å². The van der Waals surface area contributed by atoms with Gasteiger partial charge in [0.15, 0.2) is 0 Å². The van der Waals surface area contributed by atoms with Crippen molar-refractivity contribution in [2.24, 2.45) is 7.05 Å². The number of methoxy groups -OCH3 is 1. The lowest BCUT2D eigenvalue weighted by Crippen LogP contribution is -2.05. The Morgan fingerprint density at radius 1 is 1.47 bits per heavy atom. The maximum Gasteiger partial charge on any atom is 0.338 e. The summed E-state index contributed by atoms with van der Waals surface area (Å²) in [5, 5.41) is 4.99. The van der Waals surface area contributed by atoms with E-state index >= 15 is 0 Å². The van der Waals surface area contributed by atoms with Crippen molar-refractivity contribution in [2.75, 3.05) is 13.7 Å². The van der Waals surface area contributed by atoms with Gasteiger partial charge < -0.3 is 9.47 Å². The van der Waals surface area contributed by atoms with E-state index in [9.17, 15) is 4.79 Å². The second kappa shape index (κ2) is 4.45. The topological polar surface area (TPSA) is 53.4 Å². The monoisotopic (exact) mass is 234 g/mol. The normalized spacial score (nSPS) is 10.5. The zero-order valence-electron chi connectivity index (χ0n) is 10.1. The molecule has 0 N–H and O–H groups in total. The lowest BCUT2D eigenvalue weighted by molar-refractivity contribution is 0.0526. The van der Waals surface area contributed by atoms with Crippen molar-refractivity contribution >= 4 is 16.9 Å². The van der Waals surface area contributed by atoms with Crippen LogP contribution in [0.2, 0.25) is 0 Å². The number of aryl methyl sites for hydroxylation is 1. The quantitative estimate of drug-likeness (QED) is 0.759. The number of carbonyl (C=O) groups is 1. The van der Waals surface area contributed by atoms with Crippen LogP contribution in [0.25, 0.3) is 10.9 Å². The fraction of sp³-hybridized carbons (Fsp3) is 0.333. The molecule has 0 aliphatic carbocycles. The zero-order chi connectivity index (χ0) is 12.4. The summed E-state index contributed by atoms with van der Waals surface area (Å²) in [6, 6.07) is 3.42. The van der Waals surface area contributed by atoms with Gasteiger partial charge in [-0.2, -0.15) is 5.10 Å². The Hall–Kier alpha value is -2.04. The maximum absolute atomic E-state index is 11.7. The predicted octanol–water partition coefficient (Wildman–Crippen LogP) is 1.76. The number of ether oxygens (including phenoxy) is 2. The van der Waals surface area contributed by atoms with E-state index in [1.807, 2.05) is 7.05 Å². The minimum absolute atomic E-state index is 0.350. The number of hydrogen-bond donors (Lipinski definition) is 0. The van der Waals surface area contributed by atoms with Crippen molar-refractivity contribution < 1.29 is 14.3 Å². The lowest BCUT2D eigenvalue weighted by atomic mass is 10.1. The molecule has 0 amide bonds. The zero-order valence-corrected chi connectivity index (χ0v) is 10.1. The molecule has 1 aromatic carbocycles. The van der Waals surface area contributed by atoms with E-state index < -0.39 is 0 Å².